The molecule has 2 heterocycles. The molecular formula is C6H11N5. The Morgan fingerprint density at radius 1 is 1.18 bits per heavy atom. The predicted molar refractivity (Wildman–Crippen MR) is 40.2 cm³/mol. The summed E-state index contributed by atoms with van der Waals surface area (Å²) in [4.78, 5) is 2.16. The van der Waals surface area contributed by atoms with E-state index in [1.165, 1.54) is 19.3 Å². The first-order chi connectivity index (χ1) is 5.47. The molecule has 2 rings (SSSR count). The van der Waals surface area contributed by atoms with E-state index in [1.54, 1.807) is 0 Å². The van der Waals surface area contributed by atoms with Gasteiger partial charge in [0.1, 0.15) is 0 Å². The summed E-state index contributed by atoms with van der Waals surface area (Å²) in [7, 11) is 0. The van der Waals surface area contributed by atoms with Gasteiger partial charge in [0, 0.05) is 13.1 Å². The summed E-state index contributed by atoms with van der Waals surface area (Å²) < 4.78 is 0. The molecule has 1 aliphatic heterocycles. The van der Waals surface area contributed by atoms with Crippen LogP contribution in [0.3, 0.4) is 0 Å². The Morgan fingerprint density at radius 3 is 2.64 bits per heavy atom. The van der Waals surface area contributed by atoms with Crippen LogP contribution in [0, 0.1) is 0 Å². The van der Waals surface area contributed by atoms with Crippen LogP contribution >= 0.6 is 0 Å². The minimum atomic E-state index is 0.740. The van der Waals surface area contributed by atoms with Crippen molar-refractivity contribution in [2.24, 2.45) is 0 Å². The highest BCUT2D eigenvalue weighted by Crippen LogP contribution is 2.12. The molecule has 5 heteroatoms. The van der Waals surface area contributed by atoms with Crippen LogP contribution in [0.25, 0.3) is 0 Å². The zero-order valence-corrected chi connectivity index (χ0v) is 6.32. The zero-order valence-electron chi connectivity index (χ0n) is 6.32. The summed E-state index contributed by atoms with van der Waals surface area (Å²) in [6, 6.07) is 0. The number of piperidine rings is 1. The van der Waals surface area contributed by atoms with Gasteiger partial charge in [-0.25, -0.2) is 0 Å². The van der Waals surface area contributed by atoms with Crippen LogP contribution in [0.4, 0.5) is 5.95 Å². The van der Waals surface area contributed by atoms with Gasteiger partial charge in [0.05, 0.1) is 0 Å². The molecule has 1 saturated heterocycles. The number of rotatable bonds is 1. The van der Waals surface area contributed by atoms with Gasteiger partial charge in [-0.2, -0.15) is 5.21 Å². The van der Waals surface area contributed by atoms with Gasteiger partial charge in [0.2, 0.25) is 0 Å². The Hall–Kier alpha value is -1.13. The van der Waals surface area contributed by atoms with E-state index < -0.39 is 0 Å². The van der Waals surface area contributed by atoms with E-state index in [1.807, 2.05) is 0 Å². The normalized spacial score (nSPS) is 18.7. The Labute approximate surface area is 64.8 Å². The SMILES string of the molecule is C1CCN(c2nn[nH]n2)CC1. The van der Waals surface area contributed by atoms with E-state index in [0.717, 1.165) is 19.0 Å². The molecule has 60 valence electrons. The van der Waals surface area contributed by atoms with Crippen molar-refractivity contribution >= 4 is 5.95 Å². The van der Waals surface area contributed by atoms with E-state index >= 15 is 0 Å². The van der Waals surface area contributed by atoms with Crippen LogP contribution in [-0.2, 0) is 0 Å². The summed E-state index contributed by atoms with van der Waals surface area (Å²) in [5.74, 6) is 0.740. The molecular weight excluding hydrogens is 142 g/mol. The smallest absolute Gasteiger partial charge is 0.265 e. The third kappa shape index (κ3) is 1.31. The number of aromatic amines is 1. The lowest BCUT2D eigenvalue weighted by Gasteiger charge is -2.24. The van der Waals surface area contributed by atoms with Crippen molar-refractivity contribution in [1.82, 2.24) is 20.6 Å². The van der Waals surface area contributed by atoms with Crippen molar-refractivity contribution in [2.75, 3.05) is 18.0 Å². The number of nitrogens with zero attached hydrogens (tertiary/aromatic N) is 4. The summed E-state index contributed by atoms with van der Waals surface area (Å²) in [5.41, 5.74) is 0. The molecule has 0 saturated carbocycles. The number of H-pyrrole nitrogens is 1. The van der Waals surface area contributed by atoms with Gasteiger partial charge in [-0.1, -0.05) is 5.10 Å². The molecule has 1 aliphatic rings. The fourth-order valence-electron chi connectivity index (χ4n) is 1.38. The summed E-state index contributed by atoms with van der Waals surface area (Å²) in [6.45, 7) is 2.14. The molecule has 11 heavy (non-hydrogen) atoms. The maximum Gasteiger partial charge on any atom is 0.265 e. The minimum absolute atomic E-state index is 0.740. The molecule has 1 aromatic heterocycles. The van der Waals surface area contributed by atoms with Gasteiger partial charge in [-0.05, 0) is 24.5 Å². The number of hydrogen-bond acceptors (Lipinski definition) is 4. The Balaban J connectivity index is 2.04. The van der Waals surface area contributed by atoms with Gasteiger partial charge in [0.15, 0.2) is 0 Å². The molecule has 1 aromatic rings. The van der Waals surface area contributed by atoms with Crippen LogP contribution in [0.15, 0.2) is 0 Å². The fraction of sp³-hybridized carbons (Fsp3) is 0.833. The van der Waals surface area contributed by atoms with Crippen molar-refractivity contribution in [3.63, 3.8) is 0 Å². The number of tetrazole rings is 1. The van der Waals surface area contributed by atoms with Crippen molar-refractivity contribution < 1.29 is 0 Å². The largest absolute Gasteiger partial charge is 0.338 e. The average molecular weight is 153 g/mol. The van der Waals surface area contributed by atoms with E-state index in [4.69, 9.17) is 0 Å². The van der Waals surface area contributed by atoms with Gasteiger partial charge < -0.3 is 4.90 Å². The summed E-state index contributed by atoms with van der Waals surface area (Å²) in [5, 5.41) is 13.8. The summed E-state index contributed by atoms with van der Waals surface area (Å²) in [6.07, 6.45) is 3.82. The van der Waals surface area contributed by atoms with Crippen molar-refractivity contribution in [2.45, 2.75) is 19.3 Å². The van der Waals surface area contributed by atoms with Crippen LogP contribution < -0.4 is 4.90 Å². The topological polar surface area (TPSA) is 57.7 Å². The molecule has 0 unspecified atom stereocenters. The predicted octanol–water partition coefficient (Wildman–Crippen LogP) is 0.190. The number of nitrogens with one attached hydrogen (secondary N) is 1. The quantitative estimate of drug-likeness (QED) is 0.625. The van der Waals surface area contributed by atoms with Gasteiger partial charge in [-0.3, -0.25) is 0 Å². The second-order valence-electron chi connectivity index (χ2n) is 2.76. The molecule has 0 spiro atoms. The lowest BCUT2D eigenvalue weighted by molar-refractivity contribution is 0.568. The first-order valence-corrected chi connectivity index (χ1v) is 3.95. The number of aromatic nitrogens is 4. The Kier molecular flexibility index (Phi) is 1.71. The highest BCUT2D eigenvalue weighted by atomic mass is 15.5. The van der Waals surface area contributed by atoms with Crippen LogP contribution in [0.2, 0.25) is 0 Å². The highest BCUT2D eigenvalue weighted by molar-refractivity contribution is 5.25. The zero-order chi connectivity index (χ0) is 7.52. The number of hydrogen-bond donors (Lipinski definition) is 1. The molecule has 0 radical (unpaired) electrons. The van der Waals surface area contributed by atoms with Gasteiger partial charge in [0.25, 0.3) is 5.95 Å². The Morgan fingerprint density at radius 2 is 2.00 bits per heavy atom. The maximum absolute atomic E-state index is 3.92. The average Bonchev–Trinajstić information content (AvgIpc) is 2.58. The Bertz CT molecular complexity index is 201. The standard InChI is InChI=1S/C6H11N5/c1-2-4-11(5-3-1)6-7-9-10-8-6/h1-5H2,(H,7,8,9,10). The third-order valence-electron chi connectivity index (χ3n) is 1.97. The first-order valence-electron chi connectivity index (χ1n) is 3.95. The van der Waals surface area contributed by atoms with E-state index in [-0.39, 0.29) is 0 Å². The second kappa shape index (κ2) is 2.86. The van der Waals surface area contributed by atoms with Crippen molar-refractivity contribution in [1.29, 1.82) is 0 Å². The van der Waals surface area contributed by atoms with Crippen LogP contribution in [0.5, 0.6) is 0 Å². The minimum Gasteiger partial charge on any atom is -0.338 e. The number of anilines is 1. The fourth-order valence-corrected chi connectivity index (χ4v) is 1.38. The monoisotopic (exact) mass is 153 g/mol. The third-order valence-corrected chi connectivity index (χ3v) is 1.97. The molecule has 0 aromatic carbocycles. The van der Waals surface area contributed by atoms with E-state index in [0.29, 0.717) is 0 Å². The first kappa shape index (κ1) is 6.57. The lowest BCUT2D eigenvalue weighted by Crippen LogP contribution is -2.30. The van der Waals surface area contributed by atoms with Crippen LogP contribution in [-0.4, -0.2) is 33.7 Å². The van der Waals surface area contributed by atoms with Gasteiger partial charge >= 0.3 is 0 Å². The molecule has 5 nitrogen and oxygen atoms in total. The van der Waals surface area contributed by atoms with E-state index in [9.17, 15) is 0 Å². The maximum atomic E-state index is 3.92. The molecule has 1 N–H and O–H groups in total. The summed E-state index contributed by atoms with van der Waals surface area (Å²) >= 11 is 0. The molecule has 0 amide bonds. The molecule has 0 aliphatic carbocycles. The molecule has 1 fully saturated rings. The van der Waals surface area contributed by atoms with Crippen molar-refractivity contribution in [3.05, 3.63) is 0 Å². The van der Waals surface area contributed by atoms with Crippen molar-refractivity contribution in [3.8, 4) is 0 Å². The van der Waals surface area contributed by atoms with Gasteiger partial charge in [-0.15, -0.1) is 5.10 Å². The molecule has 0 bridgehead atoms. The van der Waals surface area contributed by atoms with Crippen LogP contribution in [0.1, 0.15) is 19.3 Å². The lowest BCUT2D eigenvalue weighted by atomic mass is 10.1. The van der Waals surface area contributed by atoms with E-state index in [2.05, 4.69) is 25.5 Å². The second-order valence-corrected chi connectivity index (χ2v) is 2.76. The molecule has 0 atom stereocenters. The highest BCUT2D eigenvalue weighted by Gasteiger charge is 2.13.